The van der Waals surface area contributed by atoms with Crippen LogP contribution in [0.2, 0.25) is 0 Å². The molecule has 296 valence electrons. The largest absolute Gasteiger partial charge is 0.456 e. The minimum Gasteiger partial charge on any atom is -0.456 e. The molecule has 0 atom stereocenters. The molecule has 0 amide bonds. The fraction of sp³-hybridized carbons (Fsp3) is 0. The van der Waals surface area contributed by atoms with Crippen LogP contribution in [0.3, 0.4) is 0 Å². The Bertz CT molecular complexity index is 3530. The molecule has 0 bridgehead atoms. The highest BCUT2D eigenvalue weighted by atomic mass is 16.3. The van der Waals surface area contributed by atoms with Crippen LogP contribution in [-0.2, 0) is 0 Å². The third-order valence-corrected chi connectivity index (χ3v) is 12.5. The number of benzene rings is 10. The highest BCUT2D eigenvalue weighted by molar-refractivity contribution is 6.12. The molecular formula is C60H40N2O. The molecule has 10 aromatic carbocycles. The number of nitrogens with zero attached hydrogens (tertiary/aromatic N) is 2. The Balaban J connectivity index is 0.868. The van der Waals surface area contributed by atoms with Crippen molar-refractivity contribution in [1.29, 1.82) is 0 Å². The Morgan fingerprint density at radius 2 is 0.746 bits per heavy atom. The van der Waals surface area contributed by atoms with Gasteiger partial charge in [0.25, 0.3) is 0 Å². The second-order valence-corrected chi connectivity index (χ2v) is 16.1. The summed E-state index contributed by atoms with van der Waals surface area (Å²) >= 11 is 0. The average Bonchev–Trinajstić information content (AvgIpc) is 3.91. The summed E-state index contributed by atoms with van der Waals surface area (Å²) in [5.74, 6) is 0. The van der Waals surface area contributed by atoms with Gasteiger partial charge >= 0.3 is 0 Å². The molecule has 12 aromatic rings. The van der Waals surface area contributed by atoms with E-state index in [4.69, 9.17) is 4.42 Å². The van der Waals surface area contributed by atoms with Gasteiger partial charge in [-0.3, -0.25) is 0 Å². The molecule has 0 aliphatic carbocycles. The second-order valence-electron chi connectivity index (χ2n) is 16.1. The molecule has 2 heterocycles. The number of anilines is 3. The number of hydrogen-bond acceptors (Lipinski definition) is 2. The fourth-order valence-corrected chi connectivity index (χ4v) is 9.42. The van der Waals surface area contributed by atoms with Crippen molar-refractivity contribution in [2.75, 3.05) is 4.90 Å². The average molecular weight is 805 g/mol. The van der Waals surface area contributed by atoms with Crippen molar-refractivity contribution in [2.24, 2.45) is 0 Å². The van der Waals surface area contributed by atoms with E-state index in [0.717, 1.165) is 55.8 Å². The highest BCUT2D eigenvalue weighted by Crippen LogP contribution is 2.43. The van der Waals surface area contributed by atoms with Crippen LogP contribution in [0, 0.1) is 0 Å². The third kappa shape index (κ3) is 6.38. The lowest BCUT2D eigenvalue weighted by molar-refractivity contribution is 0.669. The lowest BCUT2D eigenvalue weighted by atomic mass is 9.98. The van der Waals surface area contributed by atoms with Crippen LogP contribution in [-0.4, -0.2) is 4.57 Å². The maximum atomic E-state index is 6.24. The first-order chi connectivity index (χ1) is 31.2. The molecule has 0 saturated heterocycles. The molecule has 0 spiro atoms. The summed E-state index contributed by atoms with van der Waals surface area (Å²) < 4.78 is 8.61. The first-order valence-electron chi connectivity index (χ1n) is 21.5. The first-order valence-corrected chi connectivity index (χ1v) is 21.5. The minimum absolute atomic E-state index is 0.899. The molecule has 0 aliphatic heterocycles. The van der Waals surface area contributed by atoms with Crippen LogP contribution in [0.1, 0.15) is 0 Å². The van der Waals surface area contributed by atoms with Crippen molar-refractivity contribution in [2.45, 2.75) is 0 Å². The maximum absolute atomic E-state index is 6.24. The van der Waals surface area contributed by atoms with Crippen LogP contribution in [0.25, 0.3) is 93.9 Å². The van der Waals surface area contributed by atoms with Crippen molar-refractivity contribution in [3.05, 3.63) is 243 Å². The number of aromatic nitrogens is 1. The minimum atomic E-state index is 0.899. The van der Waals surface area contributed by atoms with Gasteiger partial charge in [-0.15, -0.1) is 0 Å². The van der Waals surface area contributed by atoms with Crippen LogP contribution in [0.15, 0.2) is 247 Å². The molecule has 2 aromatic heterocycles. The van der Waals surface area contributed by atoms with Crippen molar-refractivity contribution < 1.29 is 4.42 Å². The van der Waals surface area contributed by atoms with Gasteiger partial charge in [-0.1, -0.05) is 176 Å². The van der Waals surface area contributed by atoms with Crippen molar-refractivity contribution in [3.63, 3.8) is 0 Å². The molecule has 12 rings (SSSR count). The molecule has 0 aliphatic rings. The van der Waals surface area contributed by atoms with E-state index in [9.17, 15) is 0 Å². The van der Waals surface area contributed by atoms with Crippen molar-refractivity contribution in [3.8, 4) is 50.2 Å². The molecule has 3 heteroatoms. The van der Waals surface area contributed by atoms with E-state index in [2.05, 4.69) is 240 Å². The number of furan rings is 1. The predicted molar refractivity (Wildman–Crippen MR) is 264 cm³/mol. The Morgan fingerprint density at radius 1 is 0.302 bits per heavy atom. The van der Waals surface area contributed by atoms with Crippen molar-refractivity contribution >= 4 is 60.8 Å². The number of para-hydroxylation sites is 4. The van der Waals surface area contributed by atoms with Crippen LogP contribution in [0.4, 0.5) is 17.1 Å². The number of hydrogen-bond donors (Lipinski definition) is 0. The molecule has 63 heavy (non-hydrogen) atoms. The first kappa shape index (κ1) is 36.5. The van der Waals surface area contributed by atoms with Gasteiger partial charge in [0.15, 0.2) is 0 Å². The second kappa shape index (κ2) is 15.3. The predicted octanol–water partition coefficient (Wildman–Crippen LogP) is 16.8. The van der Waals surface area contributed by atoms with Gasteiger partial charge < -0.3 is 13.9 Å². The van der Waals surface area contributed by atoms with E-state index in [-0.39, 0.29) is 0 Å². The van der Waals surface area contributed by atoms with Crippen LogP contribution < -0.4 is 4.90 Å². The summed E-state index contributed by atoms with van der Waals surface area (Å²) in [5, 5.41) is 4.82. The summed E-state index contributed by atoms with van der Waals surface area (Å²) in [6.07, 6.45) is 0. The van der Waals surface area contributed by atoms with Gasteiger partial charge in [0.1, 0.15) is 11.2 Å². The van der Waals surface area contributed by atoms with E-state index < -0.39 is 0 Å². The van der Waals surface area contributed by atoms with Gasteiger partial charge in [-0.05, 0) is 106 Å². The van der Waals surface area contributed by atoms with Gasteiger partial charge in [-0.25, -0.2) is 0 Å². The van der Waals surface area contributed by atoms with E-state index in [1.165, 1.54) is 55.2 Å². The molecule has 0 N–H and O–H groups in total. The maximum Gasteiger partial charge on any atom is 0.136 e. The molecule has 3 nitrogen and oxygen atoms in total. The molecule has 0 unspecified atom stereocenters. The zero-order valence-electron chi connectivity index (χ0n) is 34.4. The van der Waals surface area contributed by atoms with E-state index in [0.29, 0.717) is 0 Å². The van der Waals surface area contributed by atoms with E-state index in [1.807, 2.05) is 12.1 Å². The molecule has 0 saturated carbocycles. The topological polar surface area (TPSA) is 21.3 Å². The lowest BCUT2D eigenvalue weighted by Crippen LogP contribution is -2.11. The van der Waals surface area contributed by atoms with Gasteiger partial charge in [0, 0.05) is 44.2 Å². The zero-order chi connectivity index (χ0) is 41.7. The fourth-order valence-electron chi connectivity index (χ4n) is 9.42. The lowest BCUT2D eigenvalue weighted by Gasteiger charge is -2.28. The molecule has 0 radical (unpaired) electrons. The Labute approximate surface area is 366 Å². The Kier molecular flexibility index (Phi) is 8.83. The third-order valence-electron chi connectivity index (χ3n) is 12.5. The highest BCUT2D eigenvalue weighted by Gasteiger charge is 2.19. The number of fused-ring (bicyclic) bond motifs is 6. The quantitative estimate of drug-likeness (QED) is 0.153. The van der Waals surface area contributed by atoms with Crippen LogP contribution in [0.5, 0.6) is 0 Å². The normalized spacial score (nSPS) is 11.5. The summed E-state index contributed by atoms with van der Waals surface area (Å²) in [6.45, 7) is 0. The SMILES string of the molecule is c1ccc(-c2ccccc2N(c2ccc(-c3ccc(-c4ccc(-n5c6ccccc6c6ccccc65)cc4)cc3)cc2)c2ccc(-c3cccc4oc5ccccc5c34)cc2)cc1. The smallest absolute Gasteiger partial charge is 0.136 e. The van der Waals surface area contributed by atoms with Crippen molar-refractivity contribution in [1.82, 2.24) is 4.57 Å². The standard InChI is InChI=1S/C60H40N2O/c1-2-13-45(14-3-1)50-15-4-8-20-55(50)61(48-39-33-46(34-40-48)51-19-12-24-59-60(51)54-18-7-11-23-58(54)63-59)47-35-29-43(30-36-47)41-25-27-42(28-26-41)44-31-37-49(38-32-44)62-56-21-9-5-16-52(56)53-17-6-10-22-57(53)62/h1-40H. The van der Waals surface area contributed by atoms with E-state index >= 15 is 0 Å². The van der Waals surface area contributed by atoms with E-state index in [1.54, 1.807) is 0 Å². The monoisotopic (exact) mass is 804 g/mol. The Morgan fingerprint density at radius 3 is 1.38 bits per heavy atom. The summed E-state index contributed by atoms with van der Waals surface area (Å²) in [6, 6.07) is 87.0. The molecular weight excluding hydrogens is 765 g/mol. The van der Waals surface area contributed by atoms with Gasteiger partial charge in [0.05, 0.1) is 16.7 Å². The summed E-state index contributed by atoms with van der Waals surface area (Å²) in [4.78, 5) is 2.37. The number of rotatable bonds is 8. The van der Waals surface area contributed by atoms with Gasteiger partial charge in [0.2, 0.25) is 0 Å². The Hall–Kier alpha value is -8.40. The molecule has 0 fully saturated rings. The summed E-state index contributed by atoms with van der Waals surface area (Å²) in [5.41, 5.74) is 18.0. The van der Waals surface area contributed by atoms with Crippen LogP contribution >= 0.6 is 0 Å². The van der Waals surface area contributed by atoms with Gasteiger partial charge in [-0.2, -0.15) is 0 Å². The summed E-state index contributed by atoms with van der Waals surface area (Å²) in [7, 11) is 0. The zero-order valence-corrected chi connectivity index (χ0v) is 34.4.